The number of ether oxygens (including phenoxy) is 2. The van der Waals surface area contributed by atoms with Crippen molar-refractivity contribution in [3.63, 3.8) is 0 Å². The first-order valence-electron chi connectivity index (χ1n) is 8.47. The smallest absolute Gasteiger partial charge is 0.254 e. The first-order chi connectivity index (χ1) is 12.5. The maximum atomic E-state index is 12.6. The van der Waals surface area contributed by atoms with Gasteiger partial charge in [-0.1, -0.05) is 12.1 Å². The Hall–Kier alpha value is -3.02. The van der Waals surface area contributed by atoms with Crippen molar-refractivity contribution in [2.75, 3.05) is 32.1 Å². The van der Waals surface area contributed by atoms with E-state index in [0.717, 1.165) is 16.8 Å². The minimum absolute atomic E-state index is 0.0410. The van der Waals surface area contributed by atoms with Gasteiger partial charge in [-0.05, 0) is 49.2 Å². The molecular weight excluding hydrogens is 332 g/mol. The molecule has 0 fully saturated rings. The molecule has 0 bridgehead atoms. The van der Waals surface area contributed by atoms with Crippen LogP contribution in [0.2, 0.25) is 0 Å². The molecule has 6 nitrogen and oxygen atoms in total. The van der Waals surface area contributed by atoms with Crippen LogP contribution >= 0.6 is 0 Å². The number of nitrogens with one attached hydrogen (secondary N) is 1. The third-order valence-electron chi connectivity index (χ3n) is 4.40. The number of hydrogen-bond acceptors (Lipinski definition) is 4. The van der Waals surface area contributed by atoms with Crippen LogP contribution in [0.25, 0.3) is 0 Å². The van der Waals surface area contributed by atoms with Crippen LogP contribution in [-0.2, 0) is 4.79 Å². The van der Waals surface area contributed by atoms with Crippen LogP contribution in [0.4, 0.5) is 5.69 Å². The minimum Gasteiger partial charge on any atom is -0.486 e. The van der Waals surface area contributed by atoms with Crippen LogP contribution < -0.4 is 14.8 Å². The fraction of sp³-hybridized carbons (Fsp3) is 0.300. The molecular formula is C20H22N2O4. The van der Waals surface area contributed by atoms with Crippen molar-refractivity contribution in [3.8, 4) is 11.5 Å². The average molecular weight is 354 g/mol. The lowest BCUT2D eigenvalue weighted by Crippen LogP contribution is -2.35. The minimum atomic E-state index is -0.252. The summed E-state index contributed by atoms with van der Waals surface area (Å²) in [6.45, 7) is 4.86. The van der Waals surface area contributed by atoms with Gasteiger partial charge in [0.15, 0.2) is 11.5 Å². The van der Waals surface area contributed by atoms with Crippen LogP contribution in [0.15, 0.2) is 36.4 Å². The zero-order chi connectivity index (χ0) is 18.7. The Kier molecular flexibility index (Phi) is 5.11. The maximum absolute atomic E-state index is 12.6. The molecule has 0 aromatic heterocycles. The summed E-state index contributed by atoms with van der Waals surface area (Å²) in [5.41, 5.74) is 3.33. The van der Waals surface area contributed by atoms with Gasteiger partial charge < -0.3 is 19.7 Å². The third kappa shape index (κ3) is 3.79. The van der Waals surface area contributed by atoms with Gasteiger partial charge in [-0.15, -0.1) is 0 Å². The summed E-state index contributed by atoms with van der Waals surface area (Å²) < 4.78 is 11.0. The Morgan fingerprint density at radius 2 is 1.81 bits per heavy atom. The molecule has 0 unspecified atom stereocenters. The van der Waals surface area contributed by atoms with Gasteiger partial charge in [0, 0.05) is 18.3 Å². The molecule has 1 heterocycles. The molecule has 0 spiro atoms. The first-order valence-corrected chi connectivity index (χ1v) is 8.47. The summed E-state index contributed by atoms with van der Waals surface area (Å²) in [5.74, 6) is 0.684. The topological polar surface area (TPSA) is 67.9 Å². The van der Waals surface area contributed by atoms with E-state index in [1.807, 2.05) is 32.0 Å². The second kappa shape index (κ2) is 7.47. The van der Waals surface area contributed by atoms with Crippen LogP contribution in [0.3, 0.4) is 0 Å². The second-order valence-corrected chi connectivity index (χ2v) is 6.32. The van der Waals surface area contributed by atoms with E-state index in [1.165, 1.54) is 4.90 Å². The number of carbonyl (C=O) groups excluding carboxylic acids is 2. The van der Waals surface area contributed by atoms with Crippen LogP contribution in [0.1, 0.15) is 21.5 Å². The van der Waals surface area contributed by atoms with Crippen molar-refractivity contribution in [2.24, 2.45) is 0 Å². The van der Waals surface area contributed by atoms with E-state index < -0.39 is 0 Å². The molecule has 2 aromatic rings. The zero-order valence-electron chi connectivity index (χ0n) is 15.2. The molecule has 1 aliphatic rings. The molecule has 0 saturated carbocycles. The predicted octanol–water partition coefficient (Wildman–Crippen LogP) is 2.79. The zero-order valence-corrected chi connectivity index (χ0v) is 15.2. The quantitative estimate of drug-likeness (QED) is 0.917. The molecule has 26 heavy (non-hydrogen) atoms. The molecule has 0 aliphatic carbocycles. The second-order valence-electron chi connectivity index (χ2n) is 6.32. The van der Waals surface area contributed by atoms with Crippen molar-refractivity contribution in [1.82, 2.24) is 4.90 Å². The van der Waals surface area contributed by atoms with Crippen molar-refractivity contribution >= 4 is 17.5 Å². The molecule has 0 atom stereocenters. The monoisotopic (exact) mass is 354 g/mol. The third-order valence-corrected chi connectivity index (χ3v) is 4.40. The number of likely N-dealkylation sites (N-methyl/N-ethyl adjacent to an activating group) is 1. The Morgan fingerprint density at radius 1 is 1.08 bits per heavy atom. The van der Waals surface area contributed by atoms with E-state index in [4.69, 9.17) is 9.47 Å². The van der Waals surface area contributed by atoms with Gasteiger partial charge in [-0.3, -0.25) is 9.59 Å². The number of anilines is 1. The normalized spacial score (nSPS) is 12.4. The van der Waals surface area contributed by atoms with Crippen LogP contribution in [-0.4, -0.2) is 43.5 Å². The lowest BCUT2D eigenvalue weighted by Gasteiger charge is -2.21. The number of fused-ring (bicyclic) bond motifs is 1. The number of aryl methyl sites for hydroxylation is 1. The van der Waals surface area contributed by atoms with Gasteiger partial charge in [0.1, 0.15) is 13.2 Å². The highest BCUT2D eigenvalue weighted by Crippen LogP contribution is 2.31. The highest BCUT2D eigenvalue weighted by Gasteiger charge is 2.19. The average Bonchev–Trinajstić information content (AvgIpc) is 2.64. The standard InChI is InChI=1S/C20H22N2O4/c1-13-5-4-6-16(14(13)2)21-19(23)12-22(3)20(24)15-7-8-17-18(11-15)26-10-9-25-17/h4-8,11H,9-10,12H2,1-3H3,(H,21,23). The highest BCUT2D eigenvalue weighted by molar-refractivity contribution is 5.99. The lowest BCUT2D eigenvalue weighted by atomic mass is 10.1. The largest absolute Gasteiger partial charge is 0.486 e. The number of nitrogens with zero attached hydrogens (tertiary/aromatic N) is 1. The lowest BCUT2D eigenvalue weighted by molar-refractivity contribution is -0.116. The van der Waals surface area contributed by atoms with Crippen LogP contribution in [0, 0.1) is 13.8 Å². The van der Waals surface area contributed by atoms with Crippen molar-refractivity contribution in [3.05, 3.63) is 53.1 Å². The van der Waals surface area contributed by atoms with Gasteiger partial charge in [0.2, 0.25) is 5.91 Å². The van der Waals surface area contributed by atoms with E-state index in [0.29, 0.717) is 30.3 Å². The van der Waals surface area contributed by atoms with E-state index in [9.17, 15) is 9.59 Å². The fourth-order valence-corrected chi connectivity index (χ4v) is 2.76. The molecule has 1 N–H and O–H groups in total. The number of carbonyl (C=O) groups is 2. The number of hydrogen-bond donors (Lipinski definition) is 1. The SMILES string of the molecule is Cc1cccc(NC(=O)CN(C)C(=O)c2ccc3c(c2)OCCO3)c1C. The summed E-state index contributed by atoms with van der Waals surface area (Å²) >= 11 is 0. The molecule has 2 aromatic carbocycles. The molecule has 136 valence electrons. The van der Waals surface area contributed by atoms with Crippen LogP contribution in [0.5, 0.6) is 11.5 Å². The summed E-state index contributed by atoms with van der Waals surface area (Å²) in [6, 6.07) is 10.8. The summed E-state index contributed by atoms with van der Waals surface area (Å²) in [4.78, 5) is 26.3. The Balaban J connectivity index is 1.65. The molecule has 2 amide bonds. The number of benzene rings is 2. The Bertz CT molecular complexity index is 848. The van der Waals surface area contributed by atoms with Crippen molar-refractivity contribution < 1.29 is 19.1 Å². The van der Waals surface area contributed by atoms with E-state index in [-0.39, 0.29) is 18.4 Å². The number of rotatable bonds is 4. The van der Waals surface area contributed by atoms with Crippen molar-refractivity contribution in [1.29, 1.82) is 0 Å². The Morgan fingerprint density at radius 3 is 2.58 bits per heavy atom. The van der Waals surface area contributed by atoms with Gasteiger partial charge in [0.25, 0.3) is 5.91 Å². The summed E-state index contributed by atoms with van der Waals surface area (Å²) in [7, 11) is 1.60. The summed E-state index contributed by atoms with van der Waals surface area (Å²) in [6.07, 6.45) is 0. The van der Waals surface area contributed by atoms with E-state index in [2.05, 4.69) is 5.32 Å². The molecule has 0 saturated heterocycles. The molecule has 1 aliphatic heterocycles. The van der Waals surface area contributed by atoms with Gasteiger partial charge in [-0.25, -0.2) is 0 Å². The van der Waals surface area contributed by atoms with Gasteiger partial charge >= 0.3 is 0 Å². The Labute approximate surface area is 152 Å². The van der Waals surface area contributed by atoms with Gasteiger partial charge in [-0.2, -0.15) is 0 Å². The van der Waals surface area contributed by atoms with E-state index in [1.54, 1.807) is 25.2 Å². The highest BCUT2D eigenvalue weighted by atomic mass is 16.6. The molecule has 3 rings (SSSR count). The predicted molar refractivity (Wildman–Crippen MR) is 98.9 cm³/mol. The fourth-order valence-electron chi connectivity index (χ4n) is 2.76. The maximum Gasteiger partial charge on any atom is 0.254 e. The molecule has 6 heteroatoms. The first kappa shape index (κ1) is 17.8. The van der Waals surface area contributed by atoms with E-state index >= 15 is 0 Å². The van der Waals surface area contributed by atoms with Crippen molar-refractivity contribution in [2.45, 2.75) is 13.8 Å². The number of amides is 2. The molecule has 0 radical (unpaired) electrons. The summed E-state index contributed by atoms with van der Waals surface area (Å²) in [5, 5.41) is 2.86. The van der Waals surface area contributed by atoms with Gasteiger partial charge in [0.05, 0.1) is 6.54 Å².